The molecule has 0 aliphatic carbocycles. The Hall–Kier alpha value is -0.0900. The van der Waals surface area contributed by atoms with Crippen LogP contribution in [0.2, 0.25) is 0 Å². The molecular weight excluding hydrogens is 272 g/mol. The van der Waals surface area contributed by atoms with Crippen LogP contribution in [0.1, 0.15) is 52.4 Å². The number of carbonyl (C=O) groups is 1. The molecule has 0 aromatic heterocycles. The number of unbranched alkanes of at least 4 members (excludes halogenated alkanes) is 3. The van der Waals surface area contributed by atoms with Gasteiger partial charge in [-0.05, 0) is 28.8 Å². The van der Waals surface area contributed by atoms with Gasteiger partial charge in [-0.25, -0.2) is 4.79 Å². The maximum Gasteiger partial charge on any atom is 0.336 e. The molecule has 0 aromatic rings. The minimum Gasteiger partial charge on any atom is -0.446 e. The van der Waals surface area contributed by atoms with Gasteiger partial charge in [-0.2, -0.15) is 0 Å². The molecule has 0 amide bonds. The van der Waals surface area contributed by atoms with Crippen molar-refractivity contribution in [1.82, 2.24) is 0 Å². The molecule has 0 N–H and O–H groups in total. The highest BCUT2D eigenvalue weighted by Gasteiger charge is 2.35. The molecule has 1 rings (SSSR count). The average Bonchev–Trinajstić information content (AvgIpc) is 2.27. The number of alkyl halides is 1. The van der Waals surface area contributed by atoms with Gasteiger partial charge in [0.05, 0.1) is 0 Å². The molecule has 3 nitrogen and oxygen atoms in total. The highest BCUT2D eigenvalue weighted by atomic mass is 79.9. The lowest BCUT2D eigenvalue weighted by molar-refractivity contribution is -0.188. The van der Waals surface area contributed by atoms with Crippen molar-refractivity contribution in [2.24, 2.45) is 0 Å². The second-order valence-corrected chi connectivity index (χ2v) is 5.11. The molecule has 0 unspecified atom stereocenters. The van der Waals surface area contributed by atoms with Crippen molar-refractivity contribution in [2.75, 3.05) is 0 Å². The molecule has 0 spiro atoms. The van der Waals surface area contributed by atoms with E-state index in [0.29, 0.717) is 0 Å². The van der Waals surface area contributed by atoms with E-state index in [1.807, 2.05) is 6.92 Å². The smallest absolute Gasteiger partial charge is 0.336 e. The van der Waals surface area contributed by atoms with Crippen molar-refractivity contribution in [3.63, 3.8) is 0 Å². The lowest BCUT2D eigenvalue weighted by Crippen LogP contribution is -2.43. The van der Waals surface area contributed by atoms with Crippen molar-refractivity contribution in [3.8, 4) is 0 Å². The van der Waals surface area contributed by atoms with E-state index < -0.39 is 0 Å². The fourth-order valence-electron chi connectivity index (χ4n) is 1.82. The van der Waals surface area contributed by atoms with Crippen molar-refractivity contribution in [2.45, 2.75) is 69.6 Å². The quantitative estimate of drug-likeness (QED) is 0.428. The fourth-order valence-corrected chi connectivity index (χ4v) is 2.50. The zero-order valence-electron chi connectivity index (χ0n) is 10.1. The van der Waals surface area contributed by atoms with Gasteiger partial charge in [-0.1, -0.05) is 39.5 Å². The maximum absolute atomic E-state index is 11.6. The van der Waals surface area contributed by atoms with E-state index in [1.165, 1.54) is 12.8 Å². The predicted octanol–water partition coefficient (Wildman–Crippen LogP) is 3.40. The molecule has 0 aromatic carbocycles. The van der Waals surface area contributed by atoms with Crippen LogP contribution in [0.15, 0.2) is 0 Å². The van der Waals surface area contributed by atoms with Gasteiger partial charge < -0.3 is 9.47 Å². The van der Waals surface area contributed by atoms with Crippen LogP contribution < -0.4 is 0 Å². The van der Waals surface area contributed by atoms with Crippen LogP contribution in [0.4, 0.5) is 0 Å². The third-order valence-corrected chi connectivity index (χ3v) is 3.62. The van der Waals surface area contributed by atoms with E-state index in [2.05, 4.69) is 22.9 Å². The van der Waals surface area contributed by atoms with Crippen LogP contribution in [-0.4, -0.2) is 23.2 Å². The Morgan fingerprint density at radius 2 is 2.00 bits per heavy atom. The zero-order valence-corrected chi connectivity index (χ0v) is 11.7. The van der Waals surface area contributed by atoms with Crippen molar-refractivity contribution < 1.29 is 14.3 Å². The summed E-state index contributed by atoms with van der Waals surface area (Å²) in [5.74, 6) is -0.219. The lowest BCUT2D eigenvalue weighted by Gasteiger charge is -2.32. The third-order valence-electron chi connectivity index (χ3n) is 2.85. The molecule has 0 bridgehead atoms. The topological polar surface area (TPSA) is 35.5 Å². The summed E-state index contributed by atoms with van der Waals surface area (Å²) in [5.41, 5.74) is 0. The summed E-state index contributed by atoms with van der Waals surface area (Å²) in [6, 6.07) is 0. The summed E-state index contributed by atoms with van der Waals surface area (Å²) in [6.45, 7) is 4.21. The van der Waals surface area contributed by atoms with E-state index >= 15 is 0 Å². The minimum atomic E-state index is -0.351. The van der Waals surface area contributed by atoms with Crippen molar-refractivity contribution in [1.29, 1.82) is 0 Å². The zero-order chi connectivity index (χ0) is 12.0. The molecule has 16 heavy (non-hydrogen) atoms. The second kappa shape index (κ2) is 7.28. The number of cyclic esters (lactones) is 1. The molecule has 0 radical (unpaired) electrons. The van der Waals surface area contributed by atoms with Gasteiger partial charge >= 0.3 is 5.97 Å². The first-order chi connectivity index (χ1) is 7.69. The standard InChI is InChI=1S/C12H21BrO3/c1-3-5-6-7-8-10-12(14)16-11(13)9(4-2)15-10/h9-11H,3-8H2,1-2H3/t9-,10+,11+/m1/s1. The SMILES string of the molecule is CCCCCC[C@@H]1O[C@H](CC)[C@@H](Br)OC1=O. The summed E-state index contributed by atoms with van der Waals surface area (Å²) in [5, 5.41) is -0.281. The van der Waals surface area contributed by atoms with Crippen molar-refractivity contribution in [3.05, 3.63) is 0 Å². The fraction of sp³-hybridized carbons (Fsp3) is 0.917. The minimum absolute atomic E-state index is 0.00567. The van der Waals surface area contributed by atoms with E-state index in [1.54, 1.807) is 0 Å². The van der Waals surface area contributed by atoms with E-state index in [0.717, 1.165) is 25.7 Å². The van der Waals surface area contributed by atoms with E-state index in [4.69, 9.17) is 9.47 Å². The molecule has 0 saturated carbocycles. The summed E-state index contributed by atoms with van der Waals surface area (Å²) < 4.78 is 10.9. The molecule has 3 atom stereocenters. The first-order valence-electron chi connectivity index (χ1n) is 6.19. The van der Waals surface area contributed by atoms with Gasteiger partial charge in [0.15, 0.2) is 11.1 Å². The van der Waals surface area contributed by atoms with E-state index in [-0.39, 0.29) is 23.2 Å². The molecule has 1 fully saturated rings. The first kappa shape index (κ1) is 14.0. The number of carbonyl (C=O) groups excluding carboxylic acids is 1. The molecule has 94 valence electrons. The van der Waals surface area contributed by atoms with Gasteiger partial charge in [-0.15, -0.1) is 0 Å². The number of ether oxygens (including phenoxy) is 2. The first-order valence-corrected chi connectivity index (χ1v) is 7.10. The number of hydrogen-bond acceptors (Lipinski definition) is 3. The van der Waals surface area contributed by atoms with Crippen LogP contribution in [0.25, 0.3) is 0 Å². The Balaban J connectivity index is 2.32. The van der Waals surface area contributed by atoms with Gasteiger partial charge in [0, 0.05) is 0 Å². The van der Waals surface area contributed by atoms with Crippen LogP contribution in [0.3, 0.4) is 0 Å². The van der Waals surface area contributed by atoms with Gasteiger partial charge in [0.25, 0.3) is 0 Å². The number of rotatable bonds is 6. The predicted molar refractivity (Wildman–Crippen MR) is 66.5 cm³/mol. The van der Waals surface area contributed by atoms with Gasteiger partial charge in [0.2, 0.25) is 0 Å². The van der Waals surface area contributed by atoms with Gasteiger partial charge in [0.1, 0.15) is 6.10 Å². The van der Waals surface area contributed by atoms with Crippen molar-refractivity contribution >= 4 is 21.9 Å². The number of hydrogen-bond donors (Lipinski definition) is 0. The normalized spacial score (nSPS) is 30.2. The summed E-state index contributed by atoms with van der Waals surface area (Å²) in [4.78, 5) is 11.6. The highest BCUT2D eigenvalue weighted by molar-refractivity contribution is 9.09. The average molecular weight is 293 g/mol. The highest BCUT2D eigenvalue weighted by Crippen LogP contribution is 2.25. The summed E-state index contributed by atoms with van der Waals surface area (Å²) in [7, 11) is 0. The molecular formula is C12H21BrO3. The molecule has 1 aliphatic heterocycles. The Labute approximate surface area is 106 Å². The Bertz CT molecular complexity index is 220. The largest absolute Gasteiger partial charge is 0.446 e. The molecule has 1 heterocycles. The third kappa shape index (κ3) is 4.06. The Kier molecular flexibility index (Phi) is 6.36. The maximum atomic E-state index is 11.6. The Morgan fingerprint density at radius 1 is 1.25 bits per heavy atom. The summed E-state index contributed by atoms with van der Waals surface area (Å²) >= 11 is 3.31. The molecule has 1 saturated heterocycles. The monoisotopic (exact) mass is 292 g/mol. The number of esters is 1. The molecule has 4 heteroatoms. The molecule has 1 aliphatic rings. The van der Waals surface area contributed by atoms with Crippen LogP contribution >= 0.6 is 15.9 Å². The lowest BCUT2D eigenvalue weighted by atomic mass is 10.1. The van der Waals surface area contributed by atoms with Crippen LogP contribution in [0.5, 0.6) is 0 Å². The second-order valence-electron chi connectivity index (χ2n) is 4.21. The van der Waals surface area contributed by atoms with E-state index in [9.17, 15) is 4.79 Å². The van der Waals surface area contributed by atoms with Gasteiger partial charge in [-0.3, -0.25) is 0 Å². The summed E-state index contributed by atoms with van der Waals surface area (Å²) in [6.07, 6.45) is 5.92. The van der Waals surface area contributed by atoms with Crippen LogP contribution in [-0.2, 0) is 14.3 Å². The van der Waals surface area contributed by atoms with Crippen LogP contribution in [0, 0.1) is 0 Å². The Morgan fingerprint density at radius 3 is 2.62 bits per heavy atom. The number of halogens is 1.